The fraction of sp³-hybridized carbons (Fsp3) is 0.455. The van der Waals surface area contributed by atoms with Crippen LogP contribution in [-0.2, 0) is 9.84 Å². The maximum Gasteiger partial charge on any atom is 0.157 e. The van der Waals surface area contributed by atoms with E-state index in [0.29, 0.717) is 5.75 Å². The molecule has 0 radical (unpaired) electrons. The second-order valence-electron chi connectivity index (χ2n) is 3.91. The topological polar surface area (TPSA) is 34.1 Å². The Morgan fingerprint density at radius 2 is 2.07 bits per heavy atom. The molecular weight excluding hydrogens is 276 g/mol. The van der Waals surface area contributed by atoms with Crippen molar-refractivity contribution in [3.05, 3.63) is 34.3 Å². The van der Waals surface area contributed by atoms with Gasteiger partial charge in [0.1, 0.15) is 0 Å². The number of hydrogen-bond donors (Lipinski definition) is 0. The van der Waals surface area contributed by atoms with Crippen molar-refractivity contribution in [2.24, 2.45) is 0 Å². The van der Waals surface area contributed by atoms with Crippen LogP contribution >= 0.6 is 15.9 Å². The van der Waals surface area contributed by atoms with E-state index < -0.39 is 9.84 Å². The number of hydrogen-bond acceptors (Lipinski definition) is 2. The van der Waals surface area contributed by atoms with Gasteiger partial charge in [0.25, 0.3) is 0 Å². The van der Waals surface area contributed by atoms with Crippen LogP contribution in [0.4, 0.5) is 0 Å². The summed E-state index contributed by atoms with van der Waals surface area (Å²) in [5.74, 6) is 0.337. The van der Waals surface area contributed by atoms with Crippen LogP contribution in [0.15, 0.2) is 28.7 Å². The third kappa shape index (κ3) is 2.42. The van der Waals surface area contributed by atoms with E-state index in [2.05, 4.69) is 15.9 Å². The zero-order chi connectivity index (χ0) is 10.9. The van der Waals surface area contributed by atoms with Gasteiger partial charge in [-0.25, -0.2) is 8.42 Å². The molecule has 0 aromatic heterocycles. The van der Waals surface area contributed by atoms with E-state index in [1.165, 1.54) is 0 Å². The normalized spacial score (nSPS) is 25.0. The van der Waals surface area contributed by atoms with Gasteiger partial charge in [0.15, 0.2) is 9.84 Å². The Morgan fingerprint density at radius 3 is 2.73 bits per heavy atom. The standard InChI is InChI=1S/C11H13BrO2S/c12-10-5-3-4-9(8-10)11-6-1-2-7-15(11,13)14/h3-5,8,11H,1-2,6-7H2. The molecule has 2 nitrogen and oxygen atoms in total. The maximum atomic E-state index is 11.9. The molecule has 1 heterocycles. The summed E-state index contributed by atoms with van der Waals surface area (Å²) >= 11 is 3.37. The summed E-state index contributed by atoms with van der Waals surface area (Å²) < 4.78 is 24.7. The SMILES string of the molecule is O=S1(=O)CCCCC1c1cccc(Br)c1. The zero-order valence-electron chi connectivity index (χ0n) is 8.32. The van der Waals surface area contributed by atoms with E-state index >= 15 is 0 Å². The lowest BCUT2D eigenvalue weighted by atomic mass is 10.1. The second kappa shape index (κ2) is 4.26. The van der Waals surface area contributed by atoms with Gasteiger partial charge >= 0.3 is 0 Å². The molecule has 1 unspecified atom stereocenters. The summed E-state index contributed by atoms with van der Waals surface area (Å²) in [6, 6.07) is 7.62. The van der Waals surface area contributed by atoms with Gasteiger partial charge in [-0.1, -0.05) is 34.5 Å². The van der Waals surface area contributed by atoms with E-state index in [9.17, 15) is 8.42 Å². The first-order valence-electron chi connectivity index (χ1n) is 5.06. The number of benzene rings is 1. The summed E-state index contributed by atoms with van der Waals surface area (Å²) in [5, 5.41) is -0.288. The van der Waals surface area contributed by atoms with Crippen molar-refractivity contribution in [3.8, 4) is 0 Å². The van der Waals surface area contributed by atoms with Gasteiger partial charge in [-0.2, -0.15) is 0 Å². The van der Waals surface area contributed by atoms with Gasteiger partial charge < -0.3 is 0 Å². The van der Waals surface area contributed by atoms with Crippen molar-refractivity contribution in [1.29, 1.82) is 0 Å². The lowest BCUT2D eigenvalue weighted by Gasteiger charge is -2.22. The molecule has 1 aliphatic heterocycles. The van der Waals surface area contributed by atoms with Gasteiger partial charge in [0.05, 0.1) is 11.0 Å². The van der Waals surface area contributed by atoms with E-state index in [4.69, 9.17) is 0 Å². The fourth-order valence-corrected chi connectivity index (χ4v) is 4.43. The molecule has 0 spiro atoms. The van der Waals surface area contributed by atoms with Gasteiger partial charge in [-0.3, -0.25) is 0 Å². The highest BCUT2D eigenvalue weighted by molar-refractivity contribution is 9.10. The number of sulfone groups is 1. The first-order valence-corrected chi connectivity index (χ1v) is 7.57. The van der Waals surface area contributed by atoms with E-state index in [0.717, 1.165) is 29.3 Å². The van der Waals surface area contributed by atoms with Gasteiger partial charge in [-0.05, 0) is 30.5 Å². The Kier molecular flexibility index (Phi) is 3.16. The zero-order valence-corrected chi connectivity index (χ0v) is 10.7. The molecule has 1 fully saturated rings. The molecule has 2 rings (SSSR count). The Labute approximate surface area is 98.7 Å². The predicted molar refractivity (Wildman–Crippen MR) is 64.5 cm³/mol. The molecule has 15 heavy (non-hydrogen) atoms. The third-order valence-corrected chi connectivity index (χ3v) is 5.52. The molecule has 1 aromatic rings. The highest BCUT2D eigenvalue weighted by atomic mass is 79.9. The summed E-state index contributed by atoms with van der Waals surface area (Å²) in [5.41, 5.74) is 0.920. The number of halogens is 1. The first-order chi connectivity index (χ1) is 7.09. The molecule has 0 bridgehead atoms. The molecule has 0 aliphatic carbocycles. The lowest BCUT2D eigenvalue weighted by molar-refractivity contribution is 0.546. The van der Waals surface area contributed by atoms with E-state index in [1.807, 2.05) is 24.3 Å². The third-order valence-electron chi connectivity index (χ3n) is 2.80. The second-order valence-corrected chi connectivity index (χ2v) is 7.13. The molecule has 0 amide bonds. The molecule has 1 aromatic carbocycles. The largest absolute Gasteiger partial charge is 0.228 e. The molecule has 0 N–H and O–H groups in total. The Bertz CT molecular complexity index is 453. The molecule has 1 atom stereocenters. The molecule has 0 saturated carbocycles. The minimum absolute atomic E-state index is 0.288. The molecule has 1 aliphatic rings. The van der Waals surface area contributed by atoms with Gasteiger partial charge in [0.2, 0.25) is 0 Å². The van der Waals surface area contributed by atoms with Crippen LogP contribution in [0.5, 0.6) is 0 Å². The van der Waals surface area contributed by atoms with Crippen molar-refractivity contribution in [2.45, 2.75) is 24.5 Å². The fourth-order valence-electron chi connectivity index (χ4n) is 2.04. The average molecular weight is 289 g/mol. The van der Waals surface area contributed by atoms with E-state index in [1.54, 1.807) is 0 Å². The summed E-state index contributed by atoms with van der Waals surface area (Å²) in [6.07, 6.45) is 2.59. The van der Waals surface area contributed by atoms with Crippen molar-refractivity contribution in [1.82, 2.24) is 0 Å². The van der Waals surface area contributed by atoms with Crippen molar-refractivity contribution >= 4 is 25.8 Å². The van der Waals surface area contributed by atoms with E-state index in [-0.39, 0.29) is 5.25 Å². The Morgan fingerprint density at radius 1 is 1.27 bits per heavy atom. The molecule has 4 heteroatoms. The first kappa shape index (κ1) is 11.1. The smallest absolute Gasteiger partial charge is 0.157 e. The quantitative estimate of drug-likeness (QED) is 0.796. The summed E-state index contributed by atoms with van der Waals surface area (Å²) in [6.45, 7) is 0. The highest BCUT2D eigenvalue weighted by Crippen LogP contribution is 2.34. The Balaban J connectivity index is 2.37. The molecular formula is C11H13BrO2S. The van der Waals surface area contributed by atoms with Gasteiger partial charge in [-0.15, -0.1) is 0 Å². The molecule has 1 saturated heterocycles. The summed E-state index contributed by atoms with van der Waals surface area (Å²) in [7, 11) is -2.91. The van der Waals surface area contributed by atoms with Crippen LogP contribution in [0.1, 0.15) is 30.1 Å². The predicted octanol–water partition coefficient (Wildman–Crippen LogP) is 3.09. The molecule has 82 valence electrons. The van der Waals surface area contributed by atoms with Crippen molar-refractivity contribution in [2.75, 3.05) is 5.75 Å². The van der Waals surface area contributed by atoms with Crippen LogP contribution in [0, 0.1) is 0 Å². The Hall–Kier alpha value is -0.350. The maximum absolute atomic E-state index is 11.9. The monoisotopic (exact) mass is 288 g/mol. The van der Waals surface area contributed by atoms with Crippen molar-refractivity contribution in [3.63, 3.8) is 0 Å². The number of rotatable bonds is 1. The lowest BCUT2D eigenvalue weighted by Crippen LogP contribution is -2.21. The minimum Gasteiger partial charge on any atom is -0.228 e. The van der Waals surface area contributed by atoms with Crippen molar-refractivity contribution < 1.29 is 8.42 Å². The highest BCUT2D eigenvalue weighted by Gasteiger charge is 2.29. The minimum atomic E-state index is -2.91. The van der Waals surface area contributed by atoms with Crippen LogP contribution in [0.25, 0.3) is 0 Å². The van der Waals surface area contributed by atoms with Gasteiger partial charge in [0, 0.05) is 4.47 Å². The summed E-state index contributed by atoms with van der Waals surface area (Å²) in [4.78, 5) is 0. The van der Waals surface area contributed by atoms with Crippen LogP contribution in [0.3, 0.4) is 0 Å². The van der Waals surface area contributed by atoms with Crippen LogP contribution in [-0.4, -0.2) is 14.2 Å². The average Bonchev–Trinajstić information content (AvgIpc) is 2.17. The van der Waals surface area contributed by atoms with Crippen LogP contribution in [0.2, 0.25) is 0 Å². The van der Waals surface area contributed by atoms with Crippen LogP contribution < -0.4 is 0 Å².